The van der Waals surface area contributed by atoms with Gasteiger partial charge in [-0.05, 0) is 31.4 Å². The number of pyridine rings is 1. The summed E-state index contributed by atoms with van der Waals surface area (Å²) in [5.41, 5.74) is 1.37. The van der Waals surface area contributed by atoms with E-state index >= 15 is 0 Å². The normalized spacial score (nSPS) is 22.9. The fourth-order valence-corrected chi connectivity index (χ4v) is 2.52. The number of fused-ring (bicyclic) bond motifs is 4. The summed E-state index contributed by atoms with van der Waals surface area (Å²) in [5.74, 6) is -3.99. The lowest BCUT2D eigenvalue weighted by atomic mass is 10.00. The Kier molecular flexibility index (Phi) is 6.50. The number of alkyl halides is 5. The van der Waals surface area contributed by atoms with Crippen molar-refractivity contribution in [3.05, 3.63) is 30.2 Å². The van der Waals surface area contributed by atoms with Gasteiger partial charge in [0.2, 0.25) is 5.91 Å². The molecule has 0 spiro atoms. The lowest BCUT2D eigenvalue weighted by Gasteiger charge is -2.15. The van der Waals surface area contributed by atoms with Crippen molar-refractivity contribution in [1.29, 1.82) is 0 Å². The molecular weight excluding hydrogens is 415 g/mol. The molecule has 0 aromatic carbocycles. The number of carboxylic acids is 1. The maximum atomic E-state index is 13.3. The van der Waals surface area contributed by atoms with Crippen LogP contribution in [0.1, 0.15) is 41.1 Å². The Bertz CT molecular complexity index is 970. The molecule has 3 heterocycles. The zero-order valence-corrected chi connectivity index (χ0v) is 15.5. The molecule has 2 bridgehead atoms. The van der Waals surface area contributed by atoms with Crippen molar-refractivity contribution in [2.45, 2.75) is 45.3 Å². The molecule has 164 valence electrons. The van der Waals surface area contributed by atoms with Crippen molar-refractivity contribution < 1.29 is 39.4 Å². The number of nitrogens with one attached hydrogen (secondary N) is 1. The molecule has 2 N–H and O–H groups in total. The van der Waals surface area contributed by atoms with E-state index in [-0.39, 0.29) is 11.4 Å². The molecule has 3 unspecified atom stereocenters. The Balaban J connectivity index is 0.000000451. The number of amides is 1. The first kappa shape index (κ1) is 20.2. The van der Waals surface area contributed by atoms with Gasteiger partial charge in [0.15, 0.2) is 0 Å². The molecule has 3 rings (SSSR count). The van der Waals surface area contributed by atoms with E-state index < -0.39 is 43.3 Å². The minimum Gasteiger partial charge on any atom is -0.475 e. The minimum absolute atomic E-state index is 0.101. The first-order chi connectivity index (χ1) is 14.8. The van der Waals surface area contributed by atoms with E-state index in [1.165, 1.54) is 12.4 Å². The van der Waals surface area contributed by atoms with E-state index in [1.54, 1.807) is 19.1 Å². The van der Waals surface area contributed by atoms with E-state index in [1.807, 2.05) is 0 Å². The van der Waals surface area contributed by atoms with Crippen LogP contribution in [-0.2, 0) is 16.0 Å². The second-order valence-electron chi connectivity index (χ2n) is 6.21. The summed E-state index contributed by atoms with van der Waals surface area (Å²) >= 11 is 0. The van der Waals surface area contributed by atoms with Crippen LogP contribution >= 0.6 is 0 Å². The number of anilines is 1. The third-order valence-electron chi connectivity index (χ3n) is 3.98. The van der Waals surface area contributed by atoms with Gasteiger partial charge in [0.25, 0.3) is 0 Å². The monoisotopic (exact) mass is 436 g/mol. The molecule has 30 heavy (non-hydrogen) atoms. The van der Waals surface area contributed by atoms with Gasteiger partial charge in [0.05, 0.1) is 17.6 Å². The summed E-state index contributed by atoms with van der Waals surface area (Å²) in [7, 11) is 0. The van der Waals surface area contributed by atoms with Crippen molar-refractivity contribution >= 4 is 17.6 Å². The van der Waals surface area contributed by atoms with Crippen LogP contribution in [0.5, 0.6) is 0 Å². The highest BCUT2D eigenvalue weighted by molar-refractivity contribution is 5.95. The standard InChI is InChI=1S/C16H18F2N4O.C2HF3O2/c1-10-4-2-3-5-12-8-11(6-7-19-12)14-13(21-15(10)23)9-20-22(14)16(17)18;3-2(4,5)1(6)7/h6-10,16H,2-5H2,1H3,(H,21,23);(H,6,7)/i2D,4D;. The molecule has 1 aliphatic heterocycles. The number of halogens is 5. The summed E-state index contributed by atoms with van der Waals surface area (Å²) in [6.45, 7) is -1.29. The van der Waals surface area contributed by atoms with Crippen LogP contribution in [0, 0.1) is 5.92 Å². The summed E-state index contributed by atoms with van der Waals surface area (Å²) in [6.07, 6.45) is -3.27. The highest BCUT2D eigenvalue weighted by Crippen LogP contribution is 2.32. The molecule has 1 aliphatic rings. The van der Waals surface area contributed by atoms with Crippen LogP contribution < -0.4 is 5.32 Å². The van der Waals surface area contributed by atoms with Crippen LogP contribution in [0.15, 0.2) is 24.5 Å². The quantitative estimate of drug-likeness (QED) is 0.651. The molecule has 2 aromatic rings. The molecule has 2 aromatic heterocycles. The van der Waals surface area contributed by atoms with Gasteiger partial charge in [-0.25, -0.2) is 9.48 Å². The van der Waals surface area contributed by atoms with Crippen LogP contribution in [0.3, 0.4) is 0 Å². The molecule has 0 fully saturated rings. The van der Waals surface area contributed by atoms with E-state index in [0.717, 1.165) is 0 Å². The highest BCUT2D eigenvalue weighted by Gasteiger charge is 2.38. The van der Waals surface area contributed by atoms with Crippen molar-refractivity contribution in [3.63, 3.8) is 0 Å². The molecular formula is C18H19F5N4O3. The molecule has 0 saturated carbocycles. The average molecular weight is 436 g/mol. The molecule has 0 radical (unpaired) electrons. The SMILES string of the molecule is O=C(O)C(F)(F)F.[2H]C1CCc2cc(ccn2)-c2c(cnn2C(F)F)NC(=O)C(C)C1[2H]. The van der Waals surface area contributed by atoms with E-state index in [0.29, 0.717) is 28.8 Å². The molecule has 1 amide bonds. The molecule has 12 heteroatoms. The van der Waals surface area contributed by atoms with Gasteiger partial charge in [-0.15, -0.1) is 0 Å². The van der Waals surface area contributed by atoms with E-state index in [9.17, 15) is 26.7 Å². The van der Waals surface area contributed by atoms with Gasteiger partial charge >= 0.3 is 18.7 Å². The van der Waals surface area contributed by atoms with Crippen molar-refractivity contribution in [2.24, 2.45) is 5.92 Å². The van der Waals surface area contributed by atoms with Gasteiger partial charge in [0.1, 0.15) is 0 Å². The van der Waals surface area contributed by atoms with Gasteiger partial charge in [-0.2, -0.15) is 27.1 Å². The second kappa shape index (κ2) is 9.63. The minimum atomic E-state index is -5.08. The molecule has 3 atom stereocenters. The van der Waals surface area contributed by atoms with Crippen molar-refractivity contribution in [2.75, 3.05) is 5.32 Å². The second-order valence-corrected chi connectivity index (χ2v) is 6.21. The number of carbonyl (C=O) groups excluding carboxylic acids is 1. The number of nitrogens with zero attached hydrogens (tertiary/aromatic N) is 3. The number of carboxylic acid groups (broad SMARTS) is 1. The summed E-state index contributed by atoms with van der Waals surface area (Å²) in [5, 5.41) is 13.4. The number of hydrogen-bond donors (Lipinski definition) is 2. The predicted octanol–water partition coefficient (Wildman–Crippen LogP) is 4.27. The smallest absolute Gasteiger partial charge is 0.475 e. The summed E-state index contributed by atoms with van der Waals surface area (Å²) in [4.78, 5) is 25.5. The zero-order valence-electron chi connectivity index (χ0n) is 17.5. The Morgan fingerprint density at radius 1 is 1.43 bits per heavy atom. The fraction of sp³-hybridized carbons (Fsp3) is 0.444. The zero-order chi connectivity index (χ0) is 24.2. The van der Waals surface area contributed by atoms with Crippen LogP contribution in [0.2, 0.25) is 0 Å². The Hall–Kier alpha value is -3.05. The number of rotatable bonds is 1. The van der Waals surface area contributed by atoms with Gasteiger partial charge in [-0.1, -0.05) is 13.3 Å². The average Bonchev–Trinajstić information content (AvgIpc) is 3.14. The number of aromatic nitrogens is 3. The number of hydrogen-bond acceptors (Lipinski definition) is 4. The topological polar surface area (TPSA) is 97.1 Å². The summed E-state index contributed by atoms with van der Waals surface area (Å²) < 4.78 is 75.1. The Morgan fingerprint density at radius 3 is 2.70 bits per heavy atom. The number of carbonyl (C=O) groups is 2. The van der Waals surface area contributed by atoms with E-state index in [2.05, 4.69) is 15.4 Å². The number of aliphatic carboxylic acids is 1. The molecule has 7 nitrogen and oxygen atoms in total. The Morgan fingerprint density at radius 2 is 2.10 bits per heavy atom. The highest BCUT2D eigenvalue weighted by atomic mass is 19.4. The number of aryl methyl sites for hydroxylation is 1. The Labute approximate surface area is 170 Å². The predicted molar refractivity (Wildman–Crippen MR) is 95.8 cm³/mol. The third kappa shape index (κ3) is 5.97. The maximum absolute atomic E-state index is 13.3. The largest absolute Gasteiger partial charge is 0.490 e. The van der Waals surface area contributed by atoms with Gasteiger partial charge < -0.3 is 10.4 Å². The molecule has 0 aliphatic carbocycles. The maximum Gasteiger partial charge on any atom is 0.490 e. The van der Waals surface area contributed by atoms with Crippen molar-refractivity contribution in [3.8, 4) is 11.3 Å². The van der Waals surface area contributed by atoms with E-state index in [4.69, 9.17) is 12.6 Å². The van der Waals surface area contributed by atoms with Crippen LogP contribution in [0.25, 0.3) is 11.3 Å². The van der Waals surface area contributed by atoms with Gasteiger partial charge in [0, 0.05) is 26.1 Å². The first-order valence-electron chi connectivity index (χ1n) is 9.74. The molecule has 0 saturated heterocycles. The first-order valence-corrected chi connectivity index (χ1v) is 8.59. The van der Waals surface area contributed by atoms with Crippen LogP contribution in [0.4, 0.5) is 27.6 Å². The third-order valence-corrected chi connectivity index (χ3v) is 3.98. The van der Waals surface area contributed by atoms with Crippen molar-refractivity contribution in [1.82, 2.24) is 14.8 Å². The lowest BCUT2D eigenvalue weighted by molar-refractivity contribution is -0.192. The van der Waals surface area contributed by atoms with Gasteiger partial charge in [-0.3, -0.25) is 9.78 Å². The fourth-order valence-electron chi connectivity index (χ4n) is 2.52. The lowest BCUT2D eigenvalue weighted by Crippen LogP contribution is -2.21. The summed E-state index contributed by atoms with van der Waals surface area (Å²) in [6, 6.07) is 3.23. The van der Waals surface area contributed by atoms with Crippen LogP contribution in [-0.4, -0.2) is 37.9 Å².